The van der Waals surface area contributed by atoms with Crippen LogP contribution in [0.2, 0.25) is 0 Å². The van der Waals surface area contributed by atoms with Crippen molar-refractivity contribution >= 4 is 88.6 Å². The van der Waals surface area contributed by atoms with Gasteiger partial charge in [-0.3, -0.25) is 0 Å². The normalized spacial score (nSPS) is 13.2. The Balaban J connectivity index is 0.968. The molecule has 0 fully saturated rings. The zero-order valence-corrected chi connectivity index (χ0v) is 32.5. The SMILES string of the molecule is c1ccc(N(c2ccc3c(c2)CN2CN3Cc3cc(N(c4ccccc4)c4c5ccccc5cc5ccccc45)ccc32)c2c3ccccc3cc3ccccc23)cc1. The highest BCUT2D eigenvalue weighted by Crippen LogP contribution is 2.48. The topological polar surface area (TPSA) is 13.0 Å². The summed E-state index contributed by atoms with van der Waals surface area (Å²) in [5.41, 5.74) is 12.3. The van der Waals surface area contributed by atoms with Gasteiger partial charge in [0.15, 0.2) is 0 Å². The molecule has 0 amide bonds. The lowest BCUT2D eigenvalue weighted by Gasteiger charge is -2.45. The van der Waals surface area contributed by atoms with Crippen LogP contribution in [0.15, 0.2) is 206 Å². The predicted octanol–water partition coefficient (Wildman–Crippen LogP) is 14.5. The van der Waals surface area contributed by atoms with Gasteiger partial charge in [-0.25, -0.2) is 0 Å². The zero-order chi connectivity index (χ0) is 38.9. The number of fused-ring (bicyclic) bond motifs is 10. The van der Waals surface area contributed by atoms with Crippen molar-refractivity contribution in [2.45, 2.75) is 13.1 Å². The average molecular weight is 757 g/mol. The fourth-order valence-corrected chi connectivity index (χ4v) is 9.76. The number of hydrogen-bond acceptors (Lipinski definition) is 4. The first-order chi connectivity index (χ1) is 29.2. The third-order valence-corrected chi connectivity index (χ3v) is 12.3. The summed E-state index contributed by atoms with van der Waals surface area (Å²) in [7, 11) is 0. The van der Waals surface area contributed by atoms with Crippen LogP contribution >= 0.6 is 0 Å². The summed E-state index contributed by atoms with van der Waals surface area (Å²) in [4.78, 5) is 10.0. The summed E-state index contributed by atoms with van der Waals surface area (Å²) >= 11 is 0. The van der Waals surface area contributed by atoms with E-state index in [1.807, 2.05) is 0 Å². The third kappa shape index (κ3) is 5.52. The van der Waals surface area contributed by atoms with Crippen LogP contribution in [0.25, 0.3) is 43.1 Å². The van der Waals surface area contributed by atoms with Gasteiger partial charge in [-0.2, -0.15) is 0 Å². The van der Waals surface area contributed by atoms with Crippen molar-refractivity contribution in [3.05, 3.63) is 217 Å². The van der Waals surface area contributed by atoms with Crippen molar-refractivity contribution in [2.24, 2.45) is 0 Å². The first kappa shape index (κ1) is 33.6. The van der Waals surface area contributed by atoms with Crippen LogP contribution in [0.3, 0.4) is 0 Å². The van der Waals surface area contributed by atoms with Crippen LogP contribution in [0.5, 0.6) is 0 Å². The minimum atomic E-state index is 0.835. The molecule has 0 N–H and O–H groups in total. The van der Waals surface area contributed by atoms with Crippen molar-refractivity contribution in [3.63, 3.8) is 0 Å². The number of rotatable bonds is 6. The molecule has 0 aliphatic carbocycles. The van der Waals surface area contributed by atoms with Gasteiger partial charge in [0, 0.05) is 68.8 Å². The molecule has 4 heteroatoms. The van der Waals surface area contributed by atoms with Crippen molar-refractivity contribution in [3.8, 4) is 0 Å². The number of para-hydroxylation sites is 2. The second-order valence-corrected chi connectivity index (χ2v) is 15.8. The summed E-state index contributed by atoms with van der Waals surface area (Å²) in [6.45, 7) is 2.54. The van der Waals surface area contributed by atoms with Gasteiger partial charge in [-0.05, 0) is 105 Å². The molecule has 0 atom stereocenters. The fourth-order valence-electron chi connectivity index (χ4n) is 9.76. The molecule has 2 heterocycles. The van der Waals surface area contributed by atoms with Crippen molar-refractivity contribution in [1.29, 1.82) is 0 Å². The van der Waals surface area contributed by atoms with Gasteiger partial charge in [0.2, 0.25) is 0 Å². The molecule has 2 bridgehead atoms. The van der Waals surface area contributed by atoms with Crippen molar-refractivity contribution in [1.82, 2.24) is 0 Å². The smallest absolute Gasteiger partial charge is 0.0910 e. The van der Waals surface area contributed by atoms with E-state index >= 15 is 0 Å². The lowest BCUT2D eigenvalue weighted by Crippen LogP contribution is -2.46. The first-order valence-corrected chi connectivity index (χ1v) is 20.5. The molecule has 0 saturated carbocycles. The maximum atomic E-state index is 2.55. The highest BCUT2D eigenvalue weighted by atomic mass is 15.4. The molecular weight excluding hydrogens is 717 g/mol. The van der Waals surface area contributed by atoms with E-state index in [1.54, 1.807) is 0 Å². The fraction of sp³-hybridized carbons (Fsp3) is 0.0545. The van der Waals surface area contributed by atoms with Gasteiger partial charge in [0.1, 0.15) is 0 Å². The first-order valence-electron chi connectivity index (χ1n) is 20.5. The lowest BCUT2D eigenvalue weighted by molar-refractivity contribution is 0.651. The van der Waals surface area contributed by atoms with Gasteiger partial charge in [0.05, 0.1) is 18.0 Å². The van der Waals surface area contributed by atoms with Crippen LogP contribution in [-0.2, 0) is 13.1 Å². The molecule has 0 saturated heterocycles. The monoisotopic (exact) mass is 756 g/mol. The highest BCUT2D eigenvalue weighted by Gasteiger charge is 2.31. The summed E-state index contributed by atoms with van der Waals surface area (Å²) in [5.74, 6) is 0. The van der Waals surface area contributed by atoms with Gasteiger partial charge in [-0.15, -0.1) is 0 Å². The molecule has 280 valence electrons. The van der Waals surface area contributed by atoms with Crippen LogP contribution < -0.4 is 19.6 Å². The lowest BCUT2D eigenvalue weighted by atomic mass is 9.97. The van der Waals surface area contributed by atoms with E-state index in [2.05, 4.69) is 226 Å². The molecule has 0 unspecified atom stereocenters. The molecule has 10 aromatic rings. The zero-order valence-electron chi connectivity index (χ0n) is 32.5. The van der Waals surface area contributed by atoms with E-state index in [0.29, 0.717) is 0 Å². The molecule has 0 spiro atoms. The van der Waals surface area contributed by atoms with Crippen LogP contribution in [-0.4, -0.2) is 6.67 Å². The molecule has 2 aliphatic heterocycles. The van der Waals surface area contributed by atoms with E-state index in [-0.39, 0.29) is 0 Å². The summed E-state index contributed by atoms with van der Waals surface area (Å²) in [6.07, 6.45) is 0. The van der Waals surface area contributed by atoms with Crippen LogP contribution in [0.1, 0.15) is 11.1 Å². The Morgan fingerprint density at radius 1 is 0.305 bits per heavy atom. The van der Waals surface area contributed by atoms with E-state index in [1.165, 1.54) is 77.0 Å². The summed E-state index contributed by atoms with van der Waals surface area (Å²) in [5, 5.41) is 9.91. The molecule has 2 aliphatic rings. The quantitative estimate of drug-likeness (QED) is 0.157. The van der Waals surface area contributed by atoms with E-state index < -0.39 is 0 Å². The van der Waals surface area contributed by atoms with Gasteiger partial charge >= 0.3 is 0 Å². The second-order valence-electron chi connectivity index (χ2n) is 15.8. The standard InChI is InChI=1S/C55H40N4/c1-3-19-44(20-4-1)58(54-48-23-11-7-15-38(48)31-39-16-8-12-24-49(39)54)46-27-29-52-42(33-46)35-56-37-57(52)36-43-34-47(28-30-53(43)56)59(45-21-5-2-6-22-45)55-50-25-13-9-17-40(50)32-41-18-10-14-26-51(41)55/h1-34H,35-37H2. The number of anilines is 8. The Labute approximate surface area is 344 Å². The molecule has 59 heavy (non-hydrogen) atoms. The maximum Gasteiger partial charge on any atom is 0.0910 e. The predicted molar refractivity (Wildman–Crippen MR) is 250 cm³/mol. The molecular formula is C55H40N4. The molecule has 4 nitrogen and oxygen atoms in total. The van der Waals surface area contributed by atoms with Crippen LogP contribution in [0, 0.1) is 0 Å². The van der Waals surface area contributed by atoms with Crippen molar-refractivity contribution < 1.29 is 0 Å². The minimum Gasteiger partial charge on any atom is -0.349 e. The number of hydrogen-bond donors (Lipinski definition) is 0. The molecule has 0 radical (unpaired) electrons. The maximum absolute atomic E-state index is 2.55. The van der Waals surface area contributed by atoms with E-state index in [0.717, 1.165) is 42.5 Å². The summed E-state index contributed by atoms with van der Waals surface area (Å²) in [6, 6.07) is 75.7. The van der Waals surface area contributed by atoms with E-state index in [9.17, 15) is 0 Å². The van der Waals surface area contributed by atoms with Gasteiger partial charge < -0.3 is 19.6 Å². The van der Waals surface area contributed by atoms with Crippen molar-refractivity contribution in [2.75, 3.05) is 26.3 Å². The average Bonchev–Trinajstić information content (AvgIpc) is 3.29. The van der Waals surface area contributed by atoms with Crippen LogP contribution in [0.4, 0.5) is 45.5 Å². The Bertz CT molecular complexity index is 2910. The number of nitrogens with zero attached hydrogens (tertiary/aromatic N) is 4. The Morgan fingerprint density at radius 3 is 1.02 bits per heavy atom. The van der Waals surface area contributed by atoms with E-state index in [4.69, 9.17) is 0 Å². The second kappa shape index (κ2) is 13.5. The molecule has 12 rings (SSSR count). The highest BCUT2D eigenvalue weighted by molar-refractivity contribution is 6.15. The Hall–Kier alpha value is -7.56. The largest absolute Gasteiger partial charge is 0.349 e. The Morgan fingerprint density at radius 2 is 0.644 bits per heavy atom. The molecule has 10 aromatic carbocycles. The minimum absolute atomic E-state index is 0.835. The third-order valence-electron chi connectivity index (χ3n) is 12.3. The van der Waals surface area contributed by atoms with Gasteiger partial charge in [0.25, 0.3) is 0 Å². The number of benzene rings is 10. The Kier molecular flexibility index (Phi) is 7.70. The summed E-state index contributed by atoms with van der Waals surface area (Å²) < 4.78 is 0. The van der Waals surface area contributed by atoms with Gasteiger partial charge in [-0.1, -0.05) is 133 Å². The molecule has 0 aromatic heterocycles.